The number of nitrogens with one attached hydrogen (secondary N) is 1. The van der Waals surface area contributed by atoms with E-state index in [1.807, 2.05) is 6.07 Å². The van der Waals surface area contributed by atoms with Crippen molar-refractivity contribution >= 4 is 38.7 Å². The Morgan fingerprint density at radius 1 is 1.08 bits per heavy atom. The van der Waals surface area contributed by atoms with E-state index >= 15 is 0 Å². The van der Waals surface area contributed by atoms with Crippen molar-refractivity contribution in [2.24, 2.45) is 0 Å². The second-order valence-corrected chi connectivity index (χ2v) is 8.00. The van der Waals surface area contributed by atoms with E-state index in [-0.39, 0.29) is 23.9 Å². The van der Waals surface area contributed by atoms with Crippen LogP contribution >= 0.6 is 11.7 Å². The number of benzene rings is 2. The second kappa shape index (κ2) is 6.17. The van der Waals surface area contributed by atoms with Gasteiger partial charge in [0.05, 0.1) is 11.7 Å². The van der Waals surface area contributed by atoms with Gasteiger partial charge in [-0.05, 0) is 17.7 Å². The van der Waals surface area contributed by atoms with Crippen LogP contribution in [0.4, 0.5) is 0 Å². The van der Waals surface area contributed by atoms with Crippen molar-refractivity contribution < 1.29 is 13.2 Å². The van der Waals surface area contributed by atoms with Crippen LogP contribution in [0.3, 0.4) is 0 Å². The Balaban J connectivity index is 1.85. The Bertz CT molecular complexity index is 1030. The van der Waals surface area contributed by atoms with E-state index in [2.05, 4.69) is 14.1 Å². The van der Waals surface area contributed by atoms with Gasteiger partial charge >= 0.3 is 0 Å². The monoisotopic (exact) mass is 374 g/mol. The first kappa shape index (κ1) is 16.1. The van der Waals surface area contributed by atoms with Gasteiger partial charge in [-0.2, -0.15) is 13.1 Å². The molecule has 1 aliphatic rings. The van der Waals surface area contributed by atoms with Gasteiger partial charge in [0.2, 0.25) is 15.9 Å². The topological polar surface area (TPSA) is 92.3 Å². The molecule has 1 aliphatic heterocycles. The molecule has 25 heavy (non-hydrogen) atoms. The minimum atomic E-state index is -3.91. The van der Waals surface area contributed by atoms with E-state index in [4.69, 9.17) is 0 Å². The molecule has 3 aromatic rings. The molecule has 0 radical (unpaired) electrons. The van der Waals surface area contributed by atoms with Gasteiger partial charge in [-0.3, -0.25) is 4.79 Å². The highest BCUT2D eigenvalue weighted by atomic mass is 32.2. The van der Waals surface area contributed by atoms with Crippen molar-refractivity contribution in [1.29, 1.82) is 0 Å². The van der Waals surface area contributed by atoms with Gasteiger partial charge in [0, 0.05) is 13.1 Å². The molecule has 1 N–H and O–H groups in total. The first-order valence-electron chi connectivity index (χ1n) is 7.65. The van der Waals surface area contributed by atoms with Crippen molar-refractivity contribution in [3.8, 4) is 0 Å². The lowest BCUT2D eigenvalue weighted by atomic mass is 10.1. The van der Waals surface area contributed by atoms with Gasteiger partial charge in [0.15, 0.2) is 0 Å². The summed E-state index contributed by atoms with van der Waals surface area (Å²) < 4.78 is 36.1. The van der Waals surface area contributed by atoms with Gasteiger partial charge in [-0.25, -0.2) is 8.42 Å². The third kappa shape index (κ3) is 2.70. The van der Waals surface area contributed by atoms with Crippen LogP contribution in [0.1, 0.15) is 11.6 Å². The molecular formula is C16H14N4O3S2. The summed E-state index contributed by atoms with van der Waals surface area (Å²) in [7, 11) is -3.91. The summed E-state index contributed by atoms with van der Waals surface area (Å²) in [5.41, 5.74) is 1.50. The molecule has 1 amide bonds. The number of nitrogens with zero attached hydrogens (tertiary/aromatic N) is 3. The van der Waals surface area contributed by atoms with E-state index < -0.39 is 16.1 Å². The van der Waals surface area contributed by atoms with E-state index in [0.29, 0.717) is 16.6 Å². The van der Waals surface area contributed by atoms with E-state index in [1.165, 1.54) is 10.4 Å². The highest BCUT2D eigenvalue weighted by molar-refractivity contribution is 7.89. The Morgan fingerprint density at radius 2 is 1.88 bits per heavy atom. The third-order valence-electron chi connectivity index (χ3n) is 4.12. The quantitative estimate of drug-likeness (QED) is 0.751. The van der Waals surface area contributed by atoms with Crippen LogP contribution in [0.25, 0.3) is 11.0 Å². The minimum Gasteiger partial charge on any atom is -0.353 e. The number of carbonyl (C=O) groups excluding carboxylic acids is 1. The summed E-state index contributed by atoms with van der Waals surface area (Å²) >= 11 is 0.965. The Kier molecular flexibility index (Phi) is 3.98. The summed E-state index contributed by atoms with van der Waals surface area (Å²) in [6.45, 7) is 0.467. The maximum atomic E-state index is 13.3. The zero-order chi connectivity index (χ0) is 17.4. The van der Waals surface area contributed by atoms with Gasteiger partial charge in [-0.1, -0.05) is 36.4 Å². The van der Waals surface area contributed by atoms with Crippen LogP contribution in [-0.4, -0.2) is 40.5 Å². The molecule has 1 saturated heterocycles. The van der Waals surface area contributed by atoms with E-state index in [1.54, 1.807) is 36.4 Å². The smallest absolute Gasteiger partial charge is 0.246 e. The molecule has 128 valence electrons. The van der Waals surface area contributed by atoms with Crippen LogP contribution in [-0.2, 0) is 14.8 Å². The Morgan fingerprint density at radius 3 is 2.68 bits per heavy atom. The molecule has 0 unspecified atom stereocenters. The molecule has 9 heteroatoms. The van der Waals surface area contributed by atoms with Crippen LogP contribution < -0.4 is 5.32 Å². The average molecular weight is 374 g/mol. The maximum Gasteiger partial charge on any atom is 0.246 e. The first-order valence-corrected chi connectivity index (χ1v) is 9.82. The van der Waals surface area contributed by atoms with E-state index in [0.717, 1.165) is 11.7 Å². The molecule has 1 aromatic heterocycles. The van der Waals surface area contributed by atoms with Crippen molar-refractivity contribution in [2.75, 3.05) is 13.1 Å². The summed E-state index contributed by atoms with van der Waals surface area (Å²) in [5.74, 6) is -0.329. The molecule has 7 nitrogen and oxygen atoms in total. The number of rotatable bonds is 3. The standard InChI is InChI=1S/C16H14N4O3S2/c21-16-15(11-5-2-1-3-6-11)20(10-9-17-16)25(22,23)13-8-4-7-12-14(13)19-24-18-12/h1-8,15H,9-10H2,(H,17,21)/t15-/m1/s1. The summed E-state index contributed by atoms with van der Waals surface area (Å²) in [5, 5.41) is 2.75. The molecule has 2 heterocycles. The van der Waals surface area contributed by atoms with Crippen molar-refractivity contribution in [3.05, 3.63) is 54.1 Å². The van der Waals surface area contributed by atoms with Crippen molar-refractivity contribution in [2.45, 2.75) is 10.9 Å². The number of carbonyl (C=O) groups is 1. The molecule has 0 aliphatic carbocycles. The number of sulfonamides is 1. The van der Waals surface area contributed by atoms with Gasteiger partial charge < -0.3 is 5.32 Å². The summed E-state index contributed by atoms with van der Waals surface area (Å²) in [4.78, 5) is 12.5. The maximum absolute atomic E-state index is 13.3. The van der Waals surface area contributed by atoms with Crippen molar-refractivity contribution in [1.82, 2.24) is 18.4 Å². The van der Waals surface area contributed by atoms with Crippen molar-refractivity contribution in [3.63, 3.8) is 0 Å². The fourth-order valence-electron chi connectivity index (χ4n) is 2.97. The van der Waals surface area contributed by atoms with Crippen LogP contribution in [0.5, 0.6) is 0 Å². The number of piperazine rings is 1. The fraction of sp³-hybridized carbons (Fsp3) is 0.188. The highest BCUT2D eigenvalue weighted by Crippen LogP contribution is 2.32. The fourth-order valence-corrected chi connectivity index (χ4v) is 5.31. The molecule has 0 bridgehead atoms. The average Bonchev–Trinajstić information content (AvgIpc) is 3.10. The zero-order valence-electron chi connectivity index (χ0n) is 13.0. The predicted octanol–water partition coefficient (Wildman–Crippen LogP) is 1.55. The highest BCUT2D eigenvalue weighted by Gasteiger charge is 2.40. The molecule has 0 spiro atoms. The number of hydrogen-bond donors (Lipinski definition) is 1. The zero-order valence-corrected chi connectivity index (χ0v) is 14.6. The summed E-state index contributed by atoms with van der Waals surface area (Å²) in [6.07, 6.45) is 0. The molecule has 1 atom stereocenters. The lowest BCUT2D eigenvalue weighted by Crippen LogP contribution is -2.52. The normalized spacial score (nSPS) is 19.0. The SMILES string of the molecule is O=C1NCCN(S(=O)(=O)c2cccc3nsnc23)[C@@H]1c1ccccc1. The van der Waals surface area contributed by atoms with Crippen LogP contribution in [0, 0.1) is 0 Å². The number of aromatic nitrogens is 2. The molecular weight excluding hydrogens is 360 g/mol. The second-order valence-electron chi connectivity index (χ2n) is 5.61. The number of fused-ring (bicyclic) bond motifs is 1. The molecule has 0 saturated carbocycles. The summed E-state index contributed by atoms with van der Waals surface area (Å²) in [6, 6.07) is 12.9. The van der Waals surface area contributed by atoms with E-state index in [9.17, 15) is 13.2 Å². The molecule has 2 aromatic carbocycles. The number of hydrogen-bond acceptors (Lipinski definition) is 6. The van der Waals surface area contributed by atoms with Gasteiger partial charge in [0.1, 0.15) is 22.0 Å². The first-order chi connectivity index (χ1) is 12.1. The number of amides is 1. The lowest BCUT2D eigenvalue weighted by Gasteiger charge is -2.34. The Labute approximate surface area is 148 Å². The molecule has 4 rings (SSSR count). The van der Waals surface area contributed by atoms with Crippen LogP contribution in [0.15, 0.2) is 53.4 Å². The third-order valence-corrected chi connectivity index (χ3v) is 6.56. The largest absolute Gasteiger partial charge is 0.353 e. The minimum absolute atomic E-state index is 0.0781. The molecule has 1 fully saturated rings. The predicted molar refractivity (Wildman–Crippen MR) is 93.5 cm³/mol. The Hall–Kier alpha value is -2.36. The lowest BCUT2D eigenvalue weighted by molar-refractivity contribution is -0.126. The van der Waals surface area contributed by atoms with Gasteiger partial charge in [0.25, 0.3) is 0 Å². The van der Waals surface area contributed by atoms with Crippen LogP contribution in [0.2, 0.25) is 0 Å². The van der Waals surface area contributed by atoms with Gasteiger partial charge in [-0.15, -0.1) is 0 Å².